The lowest BCUT2D eigenvalue weighted by Gasteiger charge is -2.00. The number of furan rings is 1. The summed E-state index contributed by atoms with van der Waals surface area (Å²) >= 11 is 3.04. The van der Waals surface area contributed by atoms with Crippen LogP contribution in [-0.2, 0) is 6.42 Å². The molecule has 2 aromatic rings. The van der Waals surface area contributed by atoms with Crippen molar-refractivity contribution in [3.05, 3.63) is 58.2 Å². The van der Waals surface area contributed by atoms with E-state index in [1.165, 1.54) is 24.7 Å². The van der Waals surface area contributed by atoms with E-state index in [2.05, 4.69) is 15.9 Å². The van der Waals surface area contributed by atoms with Gasteiger partial charge in [-0.3, -0.25) is 4.79 Å². The summed E-state index contributed by atoms with van der Waals surface area (Å²) in [6.07, 6.45) is 3.23. The fourth-order valence-corrected chi connectivity index (χ4v) is 1.60. The molecule has 2 rings (SSSR count). The number of ketones is 1. The maximum atomic E-state index is 13.2. The van der Waals surface area contributed by atoms with Crippen LogP contribution >= 0.6 is 15.9 Å². The summed E-state index contributed by atoms with van der Waals surface area (Å²) in [4.78, 5) is 11.8. The van der Waals surface area contributed by atoms with Crippen LogP contribution in [-0.4, -0.2) is 5.78 Å². The Bertz CT molecular complexity index is 506. The van der Waals surface area contributed by atoms with Crippen molar-refractivity contribution in [3.8, 4) is 0 Å². The van der Waals surface area contributed by atoms with Gasteiger partial charge in [0.15, 0.2) is 5.78 Å². The van der Waals surface area contributed by atoms with Crippen molar-refractivity contribution in [2.45, 2.75) is 6.42 Å². The Morgan fingerprint density at radius 2 is 2.19 bits per heavy atom. The monoisotopic (exact) mass is 282 g/mol. The summed E-state index contributed by atoms with van der Waals surface area (Å²) in [5.74, 6) is -0.564. The fraction of sp³-hybridized carbons (Fsp3) is 0.0833. The van der Waals surface area contributed by atoms with E-state index in [0.717, 1.165) is 5.56 Å². The van der Waals surface area contributed by atoms with Gasteiger partial charge in [-0.05, 0) is 39.7 Å². The van der Waals surface area contributed by atoms with Crippen molar-refractivity contribution >= 4 is 21.7 Å². The summed E-state index contributed by atoms with van der Waals surface area (Å²) < 4.78 is 18.4. The quantitative estimate of drug-likeness (QED) is 0.805. The first-order valence-electron chi connectivity index (χ1n) is 4.66. The lowest BCUT2D eigenvalue weighted by Crippen LogP contribution is -2.03. The topological polar surface area (TPSA) is 30.2 Å². The van der Waals surface area contributed by atoms with Gasteiger partial charge < -0.3 is 4.42 Å². The average Bonchev–Trinajstić information content (AvgIpc) is 2.74. The summed E-state index contributed by atoms with van der Waals surface area (Å²) in [5.41, 5.74) is 1.15. The molecule has 4 heteroatoms. The first-order chi connectivity index (χ1) is 7.66. The molecule has 16 heavy (non-hydrogen) atoms. The highest BCUT2D eigenvalue weighted by molar-refractivity contribution is 9.10. The van der Waals surface area contributed by atoms with E-state index < -0.39 is 5.82 Å². The maximum Gasteiger partial charge on any atom is 0.167 e. The number of hydrogen-bond acceptors (Lipinski definition) is 2. The number of carbonyl (C=O) groups excluding carboxylic acids is 1. The molecule has 0 spiro atoms. The average molecular weight is 283 g/mol. The van der Waals surface area contributed by atoms with E-state index in [-0.39, 0.29) is 12.2 Å². The van der Waals surface area contributed by atoms with Crippen LogP contribution in [0.15, 0.2) is 45.7 Å². The van der Waals surface area contributed by atoms with Gasteiger partial charge in [-0.25, -0.2) is 4.39 Å². The molecule has 0 amide bonds. The molecule has 82 valence electrons. The van der Waals surface area contributed by atoms with Crippen LogP contribution in [0.5, 0.6) is 0 Å². The zero-order valence-corrected chi connectivity index (χ0v) is 9.83. The van der Waals surface area contributed by atoms with Crippen molar-refractivity contribution < 1.29 is 13.6 Å². The minimum Gasteiger partial charge on any atom is -0.472 e. The second-order valence-corrected chi connectivity index (χ2v) is 4.21. The molecule has 0 saturated heterocycles. The van der Waals surface area contributed by atoms with Crippen LogP contribution in [0.25, 0.3) is 0 Å². The van der Waals surface area contributed by atoms with Gasteiger partial charge >= 0.3 is 0 Å². The highest BCUT2D eigenvalue weighted by Crippen LogP contribution is 2.17. The first-order valence-corrected chi connectivity index (χ1v) is 5.45. The molecule has 0 bridgehead atoms. The predicted molar refractivity (Wildman–Crippen MR) is 60.8 cm³/mol. The summed E-state index contributed by atoms with van der Waals surface area (Å²) in [5, 5.41) is 0. The van der Waals surface area contributed by atoms with Crippen molar-refractivity contribution in [3.63, 3.8) is 0 Å². The second kappa shape index (κ2) is 4.61. The van der Waals surface area contributed by atoms with Gasteiger partial charge in [0.05, 0.1) is 17.0 Å². The molecule has 1 heterocycles. The minimum absolute atomic E-state index is 0.132. The van der Waals surface area contributed by atoms with Crippen LogP contribution in [0.1, 0.15) is 15.9 Å². The predicted octanol–water partition coefficient (Wildman–Crippen LogP) is 3.61. The number of hydrogen-bond donors (Lipinski definition) is 0. The highest BCUT2D eigenvalue weighted by Gasteiger charge is 2.10. The van der Waals surface area contributed by atoms with Gasteiger partial charge in [0, 0.05) is 12.0 Å². The Hall–Kier alpha value is -1.42. The van der Waals surface area contributed by atoms with E-state index in [1.807, 2.05) is 0 Å². The van der Waals surface area contributed by atoms with E-state index in [1.54, 1.807) is 12.1 Å². The van der Waals surface area contributed by atoms with Crippen molar-refractivity contribution in [2.75, 3.05) is 0 Å². The molecule has 0 N–H and O–H groups in total. The molecule has 0 saturated carbocycles. The molecule has 0 atom stereocenters. The third-order valence-corrected chi connectivity index (χ3v) is 2.83. The number of benzene rings is 1. The van der Waals surface area contributed by atoms with Gasteiger partial charge in [0.1, 0.15) is 5.82 Å². The lowest BCUT2D eigenvalue weighted by molar-refractivity contribution is 0.0992. The molecule has 0 aliphatic carbocycles. The SMILES string of the molecule is O=C(Cc1ccoc1)c1ccc(Br)c(F)c1. The minimum atomic E-state index is -0.432. The van der Waals surface area contributed by atoms with Gasteiger partial charge in [0.25, 0.3) is 0 Å². The molecular formula is C12H8BrFO2. The van der Waals surface area contributed by atoms with E-state index >= 15 is 0 Å². The molecule has 0 unspecified atom stereocenters. The van der Waals surface area contributed by atoms with Crippen molar-refractivity contribution in [2.24, 2.45) is 0 Å². The lowest BCUT2D eigenvalue weighted by atomic mass is 10.1. The molecule has 0 fully saturated rings. The number of halogens is 2. The van der Waals surface area contributed by atoms with Crippen molar-refractivity contribution in [1.82, 2.24) is 0 Å². The van der Waals surface area contributed by atoms with Crippen LogP contribution in [0.2, 0.25) is 0 Å². The Labute approximate surface area is 100 Å². The highest BCUT2D eigenvalue weighted by atomic mass is 79.9. The zero-order valence-electron chi connectivity index (χ0n) is 8.24. The number of Topliss-reactive ketones (excluding diaryl/α,β-unsaturated/α-hetero) is 1. The third-order valence-electron chi connectivity index (χ3n) is 2.19. The standard InChI is InChI=1S/C12H8BrFO2/c13-10-2-1-9(6-11(10)14)12(15)5-8-3-4-16-7-8/h1-4,6-7H,5H2. The van der Waals surface area contributed by atoms with Crippen molar-refractivity contribution in [1.29, 1.82) is 0 Å². The Kier molecular flexibility index (Phi) is 3.19. The largest absolute Gasteiger partial charge is 0.472 e. The van der Waals surface area contributed by atoms with Gasteiger partial charge in [-0.15, -0.1) is 0 Å². The summed E-state index contributed by atoms with van der Waals surface area (Å²) in [7, 11) is 0. The van der Waals surface area contributed by atoms with E-state index in [4.69, 9.17) is 4.42 Å². The third kappa shape index (κ3) is 2.39. The van der Waals surface area contributed by atoms with E-state index in [0.29, 0.717) is 10.0 Å². The molecule has 1 aromatic heterocycles. The normalized spacial score (nSPS) is 10.4. The van der Waals surface area contributed by atoms with Crippen LogP contribution < -0.4 is 0 Å². The molecule has 1 aromatic carbocycles. The molecule has 0 aliphatic heterocycles. The molecule has 0 radical (unpaired) electrons. The second-order valence-electron chi connectivity index (χ2n) is 3.36. The van der Waals surface area contributed by atoms with Crippen LogP contribution in [0, 0.1) is 5.82 Å². The Balaban J connectivity index is 2.18. The molecular weight excluding hydrogens is 275 g/mol. The zero-order chi connectivity index (χ0) is 11.5. The number of rotatable bonds is 3. The van der Waals surface area contributed by atoms with Gasteiger partial charge in [-0.2, -0.15) is 0 Å². The smallest absolute Gasteiger partial charge is 0.167 e. The maximum absolute atomic E-state index is 13.2. The van der Waals surface area contributed by atoms with Crippen LogP contribution in [0.3, 0.4) is 0 Å². The molecule has 0 aliphatic rings. The molecule has 2 nitrogen and oxygen atoms in total. The van der Waals surface area contributed by atoms with E-state index in [9.17, 15) is 9.18 Å². The Morgan fingerprint density at radius 1 is 1.38 bits per heavy atom. The van der Waals surface area contributed by atoms with Gasteiger partial charge in [-0.1, -0.05) is 6.07 Å². The Morgan fingerprint density at radius 3 is 2.81 bits per heavy atom. The summed E-state index contributed by atoms with van der Waals surface area (Å²) in [6.45, 7) is 0. The summed E-state index contributed by atoms with van der Waals surface area (Å²) in [6, 6.07) is 6.06. The number of carbonyl (C=O) groups is 1. The fourth-order valence-electron chi connectivity index (χ4n) is 1.35. The van der Waals surface area contributed by atoms with Gasteiger partial charge in [0.2, 0.25) is 0 Å². The first kappa shape index (κ1) is 11.1. The van der Waals surface area contributed by atoms with Crippen LogP contribution in [0.4, 0.5) is 4.39 Å².